The maximum absolute atomic E-state index is 12.6. The van der Waals surface area contributed by atoms with Gasteiger partial charge in [0.2, 0.25) is 5.91 Å². The van der Waals surface area contributed by atoms with Gasteiger partial charge in [-0.1, -0.05) is 18.7 Å². The van der Waals surface area contributed by atoms with Gasteiger partial charge in [0.1, 0.15) is 5.00 Å². The number of furan rings is 1. The van der Waals surface area contributed by atoms with Crippen LogP contribution in [0, 0.1) is 6.92 Å². The number of thiophene rings is 1. The summed E-state index contributed by atoms with van der Waals surface area (Å²) >= 11 is 2.14. The number of anilines is 1. The van der Waals surface area contributed by atoms with Crippen LogP contribution in [0.1, 0.15) is 38.9 Å². The standard InChI is InChI=1S/C19H21N5O5S2/c1-4-7-24-16(11-6-5-8-29-11)22-23-19(24)30-9-12(25)21-17-13(18(27)28-3)10(2)14(31-17)15(20)26/h5-6,8H,4,7,9H2,1-3H3,(H2,20,26)(H,21,25). The van der Waals surface area contributed by atoms with Crippen molar-refractivity contribution in [1.29, 1.82) is 0 Å². The third kappa shape index (κ3) is 4.80. The van der Waals surface area contributed by atoms with E-state index in [1.807, 2.05) is 11.5 Å². The van der Waals surface area contributed by atoms with Crippen LogP contribution in [0.2, 0.25) is 0 Å². The Kier molecular flexibility index (Phi) is 7.13. The molecule has 0 fully saturated rings. The lowest BCUT2D eigenvalue weighted by Crippen LogP contribution is -2.16. The summed E-state index contributed by atoms with van der Waals surface area (Å²) in [4.78, 5) is 36.5. The molecule has 0 aliphatic rings. The van der Waals surface area contributed by atoms with Crippen LogP contribution in [0.5, 0.6) is 0 Å². The van der Waals surface area contributed by atoms with E-state index in [-0.39, 0.29) is 27.1 Å². The SMILES string of the molecule is CCCn1c(SCC(=O)Nc2sc(C(N)=O)c(C)c2C(=O)OC)nnc1-c1ccco1. The number of hydrogen-bond acceptors (Lipinski definition) is 9. The minimum atomic E-state index is -0.680. The quantitative estimate of drug-likeness (QED) is 0.364. The molecule has 3 N–H and O–H groups in total. The van der Waals surface area contributed by atoms with Crippen LogP contribution in [-0.4, -0.2) is 45.4 Å². The van der Waals surface area contributed by atoms with E-state index in [0.29, 0.717) is 28.8 Å². The Morgan fingerprint density at radius 3 is 2.74 bits per heavy atom. The molecule has 31 heavy (non-hydrogen) atoms. The van der Waals surface area contributed by atoms with Crippen molar-refractivity contribution in [2.75, 3.05) is 18.2 Å². The summed E-state index contributed by atoms with van der Waals surface area (Å²) in [6.07, 6.45) is 2.40. The van der Waals surface area contributed by atoms with Crippen LogP contribution in [0.3, 0.4) is 0 Å². The van der Waals surface area contributed by atoms with Crippen molar-refractivity contribution < 1.29 is 23.5 Å². The van der Waals surface area contributed by atoms with Gasteiger partial charge in [0.15, 0.2) is 16.7 Å². The Morgan fingerprint density at radius 1 is 1.35 bits per heavy atom. The summed E-state index contributed by atoms with van der Waals surface area (Å²) in [5.74, 6) is -0.520. The Labute approximate surface area is 186 Å². The van der Waals surface area contributed by atoms with Gasteiger partial charge in [0.25, 0.3) is 5.91 Å². The summed E-state index contributed by atoms with van der Waals surface area (Å²) in [5, 5.41) is 11.8. The molecule has 3 aromatic rings. The van der Waals surface area contributed by atoms with Crippen LogP contribution in [0.25, 0.3) is 11.6 Å². The van der Waals surface area contributed by atoms with Crippen LogP contribution in [0.15, 0.2) is 28.0 Å². The van der Waals surface area contributed by atoms with E-state index >= 15 is 0 Å². The van der Waals surface area contributed by atoms with Crippen molar-refractivity contribution in [3.63, 3.8) is 0 Å². The molecular weight excluding hydrogens is 442 g/mol. The molecule has 12 heteroatoms. The van der Waals surface area contributed by atoms with E-state index in [1.54, 1.807) is 25.3 Å². The van der Waals surface area contributed by atoms with Gasteiger partial charge in [-0.25, -0.2) is 4.79 Å². The fraction of sp³-hybridized carbons (Fsp3) is 0.316. The average Bonchev–Trinajstić information content (AvgIpc) is 3.46. The highest BCUT2D eigenvalue weighted by Crippen LogP contribution is 2.34. The lowest BCUT2D eigenvalue weighted by atomic mass is 10.1. The molecule has 3 rings (SSSR count). The smallest absolute Gasteiger partial charge is 0.341 e. The van der Waals surface area contributed by atoms with Crippen molar-refractivity contribution in [2.24, 2.45) is 5.73 Å². The van der Waals surface area contributed by atoms with Crippen molar-refractivity contribution in [3.05, 3.63) is 34.4 Å². The van der Waals surface area contributed by atoms with E-state index in [1.165, 1.54) is 18.9 Å². The van der Waals surface area contributed by atoms with Crippen LogP contribution in [0.4, 0.5) is 5.00 Å². The molecule has 0 unspecified atom stereocenters. The lowest BCUT2D eigenvalue weighted by molar-refractivity contribution is -0.113. The first-order valence-corrected chi connectivity index (χ1v) is 11.1. The van der Waals surface area contributed by atoms with Crippen molar-refractivity contribution in [3.8, 4) is 11.6 Å². The van der Waals surface area contributed by atoms with Gasteiger partial charge >= 0.3 is 5.97 Å². The second-order valence-corrected chi connectivity index (χ2v) is 8.35. The number of nitrogens with zero attached hydrogens (tertiary/aromatic N) is 3. The highest BCUT2D eigenvalue weighted by molar-refractivity contribution is 7.99. The van der Waals surface area contributed by atoms with Gasteiger partial charge in [-0.2, -0.15) is 0 Å². The first-order chi connectivity index (χ1) is 14.9. The van der Waals surface area contributed by atoms with Gasteiger partial charge < -0.3 is 20.2 Å². The molecule has 0 spiro atoms. The van der Waals surface area contributed by atoms with Gasteiger partial charge in [-0.3, -0.25) is 14.2 Å². The number of aromatic nitrogens is 3. The molecule has 0 aliphatic carbocycles. The minimum Gasteiger partial charge on any atom is -0.465 e. The van der Waals surface area contributed by atoms with E-state index in [2.05, 4.69) is 15.5 Å². The van der Waals surface area contributed by atoms with Crippen molar-refractivity contribution >= 4 is 45.9 Å². The molecular formula is C19H21N5O5S2. The zero-order chi connectivity index (χ0) is 22.5. The number of primary amides is 1. The fourth-order valence-corrected chi connectivity index (χ4v) is 4.71. The fourth-order valence-electron chi connectivity index (χ4n) is 2.89. The number of nitrogens with one attached hydrogen (secondary N) is 1. The summed E-state index contributed by atoms with van der Waals surface area (Å²) in [5.41, 5.74) is 5.86. The summed E-state index contributed by atoms with van der Waals surface area (Å²) in [7, 11) is 1.22. The number of ether oxygens (including phenoxy) is 1. The molecule has 0 saturated heterocycles. The summed E-state index contributed by atoms with van der Waals surface area (Å²) in [6, 6.07) is 3.56. The van der Waals surface area contributed by atoms with Crippen LogP contribution in [-0.2, 0) is 16.1 Å². The molecule has 0 saturated carbocycles. The van der Waals surface area contributed by atoms with Crippen molar-refractivity contribution in [2.45, 2.75) is 32.0 Å². The zero-order valence-electron chi connectivity index (χ0n) is 17.1. The molecule has 0 radical (unpaired) electrons. The predicted octanol–water partition coefficient (Wildman–Crippen LogP) is 2.93. The van der Waals surface area contributed by atoms with Crippen LogP contribution < -0.4 is 11.1 Å². The molecule has 0 atom stereocenters. The van der Waals surface area contributed by atoms with Gasteiger partial charge in [-0.15, -0.1) is 21.5 Å². The second-order valence-electron chi connectivity index (χ2n) is 6.39. The number of amides is 2. The molecule has 2 amide bonds. The second kappa shape index (κ2) is 9.79. The zero-order valence-corrected chi connectivity index (χ0v) is 18.8. The Balaban J connectivity index is 1.76. The number of rotatable bonds is 9. The number of carbonyl (C=O) groups is 3. The lowest BCUT2D eigenvalue weighted by Gasteiger charge is -2.08. The number of carbonyl (C=O) groups excluding carboxylic acids is 3. The molecule has 3 aromatic heterocycles. The molecule has 0 aromatic carbocycles. The molecule has 10 nitrogen and oxygen atoms in total. The monoisotopic (exact) mass is 463 g/mol. The van der Waals surface area contributed by atoms with E-state index in [4.69, 9.17) is 14.9 Å². The largest absolute Gasteiger partial charge is 0.465 e. The predicted molar refractivity (Wildman–Crippen MR) is 116 cm³/mol. The molecule has 0 aliphatic heterocycles. The normalized spacial score (nSPS) is 10.8. The minimum absolute atomic E-state index is 0.0173. The van der Waals surface area contributed by atoms with Crippen LogP contribution >= 0.6 is 23.1 Å². The van der Waals surface area contributed by atoms with Gasteiger partial charge in [0.05, 0.1) is 29.6 Å². The number of nitrogens with two attached hydrogens (primary N) is 1. The number of hydrogen-bond donors (Lipinski definition) is 2. The topological polar surface area (TPSA) is 142 Å². The molecule has 0 bridgehead atoms. The first kappa shape index (κ1) is 22.6. The first-order valence-electron chi connectivity index (χ1n) is 9.28. The maximum Gasteiger partial charge on any atom is 0.341 e. The summed E-state index contributed by atoms with van der Waals surface area (Å²) < 4.78 is 12.1. The van der Waals surface area contributed by atoms with Crippen molar-refractivity contribution in [1.82, 2.24) is 14.8 Å². The van der Waals surface area contributed by atoms with E-state index in [9.17, 15) is 14.4 Å². The number of esters is 1. The molecule has 3 heterocycles. The Hall–Kier alpha value is -3.12. The van der Waals surface area contributed by atoms with E-state index < -0.39 is 11.9 Å². The highest BCUT2D eigenvalue weighted by Gasteiger charge is 2.25. The third-order valence-corrected chi connectivity index (χ3v) is 6.44. The number of methoxy groups -OCH3 is 1. The van der Waals surface area contributed by atoms with E-state index in [0.717, 1.165) is 17.8 Å². The van der Waals surface area contributed by atoms with Gasteiger partial charge in [0, 0.05) is 6.54 Å². The maximum atomic E-state index is 12.6. The number of thioether (sulfide) groups is 1. The Morgan fingerprint density at radius 2 is 2.13 bits per heavy atom. The Bertz CT molecular complexity index is 1100. The van der Waals surface area contributed by atoms with Gasteiger partial charge in [-0.05, 0) is 31.0 Å². The average molecular weight is 464 g/mol. The summed E-state index contributed by atoms with van der Waals surface area (Å²) in [6.45, 7) is 4.26. The third-order valence-electron chi connectivity index (χ3n) is 4.25. The highest BCUT2D eigenvalue weighted by atomic mass is 32.2. The molecule has 164 valence electrons.